The van der Waals surface area contributed by atoms with E-state index in [-0.39, 0.29) is 30.7 Å². The quantitative estimate of drug-likeness (QED) is 0.588. The molecule has 0 aliphatic carbocycles. The maximum atomic E-state index is 11.2. The first kappa shape index (κ1) is 10.2. The van der Waals surface area contributed by atoms with E-state index in [0.717, 1.165) is 0 Å². The fourth-order valence-corrected chi connectivity index (χ4v) is 1.38. The van der Waals surface area contributed by atoms with Gasteiger partial charge in [0.2, 0.25) is 5.91 Å². The monoisotopic (exact) mass is 185 g/mol. The molecule has 0 saturated carbocycles. The summed E-state index contributed by atoms with van der Waals surface area (Å²) in [5, 5.41) is 0. The number of hydrogen-bond donors (Lipinski definition) is 0. The molecule has 4 heteroatoms. The van der Waals surface area contributed by atoms with Crippen LogP contribution in [0.15, 0.2) is 0 Å². The van der Waals surface area contributed by atoms with Gasteiger partial charge in [0.05, 0.1) is 25.6 Å². The van der Waals surface area contributed by atoms with Gasteiger partial charge < -0.3 is 9.64 Å². The Balaban J connectivity index is 2.42. The highest BCUT2D eigenvalue weighted by atomic mass is 16.5. The summed E-state index contributed by atoms with van der Waals surface area (Å²) < 4.78 is 5.19. The van der Waals surface area contributed by atoms with Crippen LogP contribution in [0.5, 0.6) is 0 Å². The molecule has 0 bridgehead atoms. The lowest BCUT2D eigenvalue weighted by atomic mass is 10.3. The Morgan fingerprint density at radius 2 is 2.23 bits per heavy atom. The Hall–Kier alpha value is -0.900. The number of ketones is 1. The molecule has 0 N–H and O–H groups in total. The minimum Gasteiger partial charge on any atom is -0.380 e. The Kier molecular flexibility index (Phi) is 3.42. The lowest BCUT2D eigenvalue weighted by molar-refractivity contribution is -0.130. The Labute approximate surface area is 77.8 Å². The van der Waals surface area contributed by atoms with Gasteiger partial charge in [-0.25, -0.2) is 0 Å². The van der Waals surface area contributed by atoms with Crippen LogP contribution in [0.4, 0.5) is 0 Å². The van der Waals surface area contributed by atoms with E-state index in [2.05, 4.69) is 0 Å². The number of amides is 1. The van der Waals surface area contributed by atoms with Gasteiger partial charge in [-0.05, 0) is 13.8 Å². The molecule has 74 valence electrons. The molecule has 0 aromatic carbocycles. The first-order valence-electron chi connectivity index (χ1n) is 4.54. The SMILES string of the molecule is CCOCC(C)N1CC(=O)CC1=O. The fraction of sp³-hybridized carbons (Fsp3) is 0.778. The molecule has 0 radical (unpaired) electrons. The van der Waals surface area contributed by atoms with Crippen LogP contribution in [0.1, 0.15) is 20.3 Å². The van der Waals surface area contributed by atoms with Crippen molar-refractivity contribution in [2.24, 2.45) is 0 Å². The molecule has 1 amide bonds. The third-order valence-electron chi connectivity index (χ3n) is 2.11. The molecule has 1 unspecified atom stereocenters. The van der Waals surface area contributed by atoms with E-state index in [1.165, 1.54) is 0 Å². The largest absolute Gasteiger partial charge is 0.380 e. The van der Waals surface area contributed by atoms with E-state index in [9.17, 15) is 9.59 Å². The molecule has 1 rings (SSSR count). The first-order valence-corrected chi connectivity index (χ1v) is 4.54. The number of carbonyl (C=O) groups excluding carboxylic acids is 2. The number of likely N-dealkylation sites (tertiary alicyclic amines) is 1. The standard InChI is InChI=1S/C9H15NO3/c1-3-13-6-7(2)10-5-8(11)4-9(10)12/h7H,3-6H2,1-2H3. The number of Topliss-reactive ketones (excluding diaryl/α,β-unsaturated/α-hetero) is 1. The molecule has 1 aliphatic rings. The van der Waals surface area contributed by atoms with Crippen molar-refractivity contribution in [1.29, 1.82) is 0 Å². The van der Waals surface area contributed by atoms with Crippen LogP contribution in [0, 0.1) is 0 Å². The van der Waals surface area contributed by atoms with Crippen molar-refractivity contribution in [3.63, 3.8) is 0 Å². The fourth-order valence-electron chi connectivity index (χ4n) is 1.38. The average Bonchev–Trinajstić information content (AvgIpc) is 2.41. The molecular formula is C9H15NO3. The normalized spacial score (nSPS) is 19.7. The molecule has 0 spiro atoms. The summed E-state index contributed by atoms with van der Waals surface area (Å²) in [6, 6.07) is 0.0129. The van der Waals surface area contributed by atoms with E-state index < -0.39 is 0 Å². The summed E-state index contributed by atoms with van der Waals surface area (Å²) in [4.78, 5) is 23.8. The topological polar surface area (TPSA) is 46.6 Å². The summed E-state index contributed by atoms with van der Waals surface area (Å²) in [5.41, 5.74) is 0. The van der Waals surface area contributed by atoms with Gasteiger partial charge >= 0.3 is 0 Å². The zero-order chi connectivity index (χ0) is 9.84. The number of carbonyl (C=O) groups is 2. The molecule has 1 saturated heterocycles. The molecule has 0 aromatic heterocycles. The van der Waals surface area contributed by atoms with Crippen molar-refractivity contribution in [2.75, 3.05) is 19.8 Å². The summed E-state index contributed by atoms with van der Waals surface area (Å²) >= 11 is 0. The highest BCUT2D eigenvalue weighted by molar-refractivity contribution is 6.05. The first-order chi connectivity index (χ1) is 6.15. The van der Waals surface area contributed by atoms with Crippen LogP contribution in [0.3, 0.4) is 0 Å². The second kappa shape index (κ2) is 4.37. The van der Waals surface area contributed by atoms with Gasteiger partial charge in [-0.2, -0.15) is 0 Å². The molecule has 13 heavy (non-hydrogen) atoms. The van der Waals surface area contributed by atoms with E-state index in [0.29, 0.717) is 13.2 Å². The Morgan fingerprint density at radius 3 is 2.69 bits per heavy atom. The predicted octanol–water partition coefficient (Wildman–Crippen LogP) is 0.213. The number of nitrogens with zero attached hydrogens (tertiary/aromatic N) is 1. The van der Waals surface area contributed by atoms with Crippen molar-refractivity contribution in [3.8, 4) is 0 Å². The zero-order valence-electron chi connectivity index (χ0n) is 8.08. The lowest BCUT2D eigenvalue weighted by Crippen LogP contribution is -2.37. The summed E-state index contributed by atoms with van der Waals surface area (Å²) in [7, 11) is 0. The third kappa shape index (κ3) is 2.52. The second-order valence-corrected chi connectivity index (χ2v) is 3.25. The minimum atomic E-state index is -0.0720. The van der Waals surface area contributed by atoms with E-state index in [1.807, 2.05) is 13.8 Å². The van der Waals surface area contributed by atoms with Crippen LogP contribution < -0.4 is 0 Å². The van der Waals surface area contributed by atoms with Crippen molar-refractivity contribution >= 4 is 11.7 Å². The van der Waals surface area contributed by atoms with Crippen molar-refractivity contribution in [1.82, 2.24) is 4.90 Å². The lowest BCUT2D eigenvalue weighted by Gasteiger charge is -2.22. The van der Waals surface area contributed by atoms with Gasteiger partial charge in [0.1, 0.15) is 0 Å². The van der Waals surface area contributed by atoms with Crippen LogP contribution in [-0.2, 0) is 14.3 Å². The smallest absolute Gasteiger partial charge is 0.230 e. The molecule has 1 heterocycles. The van der Waals surface area contributed by atoms with Gasteiger partial charge in [-0.15, -0.1) is 0 Å². The van der Waals surface area contributed by atoms with Crippen molar-refractivity contribution in [2.45, 2.75) is 26.3 Å². The summed E-state index contributed by atoms with van der Waals surface area (Å²) in [6.07, 6.45) is 0.0659. The van der Waals surface area contributed by atoms with Gasteiger partial charge in [0, 0.05) is 6.61 Å². The van der Waals surface area contributed by atoms with Gasteiger partial charge in [-0.1, -0.05) is 0 Å². The second-order valence-electron chi connectivity index (χ2n) is 3.25. The van der Waals surface area contributed by atoms with Crippen LogP contribution in [0.25, 0.3) is 0 Å². The highest BCUT2D eigenvalue weighted by Gasteiger charge is 2.30. The molecule has 0 aromatic rings. The Morgan fingerprint density at radius 1 is 1.54 bits per heavy atom. The molecule has 4 nitrogen and oxygen atoms in total. The van der Waals surface area contributed by atoms with Crippen molar-refractivity contribution in [3.05, 3.63) is 0 Å². The number of rotatable bonds is 4. The summed E-state index contributed by atoms with van der Waals surface area (Å²) in [5.74, 6) is -0.0643. The molecule has 1 aliphatic heterocycles. The van der Waals surface area contributed by atoms with Crippen LogP contribution >= 0.6 is 0 Å². The van der Waals surface area contributed by atoms with E-state index >= 15 is 0 Å². The van der Waals surface area contributed by atoms with Gasteiger partial charge in [-0.3, -0.25) is 9.59 Å². The van der Waals surface area contributed by atoms with Crippen molar-refractivity contribution < 1.29 is 14.3 Å². The maximum absolute atomic E-state index is 11.2. The minimum absolute atomic E-state index is 0.00773. The predicted molar refractivity (Wildman–Crippen MR) is 47.3 cm³/mol. The highest BCUT2D eigenvalue weighted by Crippen LogP contribution is 2.10. The third-order valence-corrected chi connectivity index (χ3v) is 2.11. The van der Waals surface area contributed by atoms with Crippen LogP contribution in [-0.4, -0.2) is 42.4 Å². The molecule has 1 fully saturated rings. The van der Waals surface area contributed by atoms with Gasteiger partial charge in [0.25, 0.3) is 0 Å². The van der Waals surface area contributed by atoms with E-state index in [1.54, 1.807) is 4.90 Å². The van der Waals surface area contributed by atoms with Crippen LogP contribution in [0.2, 0.25) is 0 Å². The molecule has 1 atom stereocenters. The zero-order valence-corrected chi connectivity index (χ0v) is 8.08. The van der Waals surface area contributed by atoms with Gasteiger partial charge in [0.15, 0.2) is 5.78 Å². The number of hydrogen-bond acceptors (Lipinski definition) is 3. The number of ether oxygens (including phenoxy) is 1. The molecular weight excluding hydrogens is 170 g/mol. The maximum Gasteiger partial charge on any atom is 0.230 e. The Bertz CT molecular complexity index is 215. The van der Waals surface area contributed by atoms with E-state index in [4.69, 9.17) is 4.74 Å². The average molecular weight is 185 g/mol. The summed E-state index contributed by atoms with van der Waals surface area (Å²) in [6.45, 7) is 5.21.